The van der Waals surface area contributed by atoms with Crippen molar-refractivity contribution in [2.45, 2.75) is 6.04 Å². The minimum atomic E-state index is -0.392. The molecule has 0 spiro atoms. The van der Waals surface area contributed by atoms with Gasteiger partial charge in [0.2, 0.25) is 5.82 Å². The van der Waals surface area contributed by atoms with E-state index in [1.54, 1.807) is 23.9 Å². The number of amides is 1. The molecule has 0 aliphatic heterocycles. The molecule has 0 aliphatic rings. The summed E-state index contributed by atoms with van der Waals surface area (Å²) in [5.74, 6) is 0.412. The molecule has 3 rings (SSSR count). The van der Waals surface area contributed by atoms with Crippen molar-refractivity contribution in [2.75, 3.05) is 13.7 Å². The molecule has 1 atom stereocenters. The third kappa shape index (κ3) is 3.39. The third-order valence-corrected chi connectivity index (χ3v) is 3.99. The fourth-order valence-corrected chi connectivity index (χ4v) is 2.64. The van der Waals surface area contributed by atoms with Crippen LogP contribution in [0.1, 0.15) is 22.2 Å². The Bertz CT molecular complexity index is 880. The Morgan fingerprint density at radius 2 is 2.17 bits per heavy atom. The lowest BCUT2D eigenvalue weighted by Gasteiger charge is -2.15. The molecule has 24 heavy (non-hydrogen) atoms. The summed E-state index contributed by atoms with van der Waals surface area (Å²) in [6.45, 7) is 0.248. The summed E-state index contributed by atoms with van der Waals surface area (Å²) in [6, 6.07) is 10.7. The lowest BCUT2D eigenvalue weighted by atomic mass is 10.1. The number of nitrogens with one attached hydrogen (secondary N) is 1. The van der Waals surface area contributed by atoms with Gasteiger partial charge in [-0.15, -0.1) is 5.10 Å². The number of pyridine rings is 1. The van der Waals surface area contributed by atoms with Gasteiger partial charge in [-0.3, -0.25) is 4.79 Å². The molecular formula is C16H16BrN5O2. The summed E-state index contributed by atoms with van der Waals surface area (Å²) in [7, 11) is 1.59. The van der Waals surface area contributed by atoms with Crippen LogP contribution < -0.4 is 15.8 Å². The third-order valence-electron chi connectivity index (χ3n) is 3.52. The number of benzene rings is 1. The number of fused-ring (bicyclic) bond motifs is 1. The Morgan fingerprint density at radius 3 is 2.96 bits per heavy atom. The first kappa shape index (κ1) is 16.4. The number of methoxy groups -OCH3 is 1. The second-order valence-corrected chi connectivity index (χ2v) is 6.06. The molecule has 3 N–H and O–H groups in total. The standard InChI is InChI=1S/C16H16BrN5O2/c1-24-13-5-3-2-4-11(13)12(18)8-19-16(23)15-20-14-7-6-10(17)9-22(14)21-15/h2-7,9,12H,8,18H2,1H3,(H,19,23). The van der Waals surface area contributed by atoms with E-state index in [1.807, 2.05) is 30.3 Å². The maximum absolute atomic E-state index is 12.2. The van der Waals surface area contributed by atoms with E-state index in [4.69, 9.17) is 10.5 Å². The van der Waals surface area contributed by atoms with Crippen LogP contribution in [0, 0.1) is 0 Å². The lowest BCUT2D eigenvalue weighted by molar-refractivity contribution is 0.0941. The summed E-state index contributed by atoms with van der Waals surface area (Å²) < 4.78 is 7.68. The predicted octanol–water partition coefficient (Wildman–Crippen LogP) is 1.93. The number of nitrogens with two attached hydrogens (primary N) is 1. The van der Waals surface area contributed by atoms with E-state index in [9.17, 15) is 4.79 Å². The Morgan fingerprint density at radius 1 is 1.38 bits per heavy atom. The predicted molar refractivity (Wildman–Crippen MR) is 92.9 cm³/mol. The maximum atomic E-state index is 12.2. The molecule has 1 amide bonds. The van der Waals surface area contributed by atoms with Crippen molar-refractivity contribution in [1.29, 1.82) is 0 Å². The molecule has 3 aromatic rings. The van der Waals surface area contributed by atoms with E-state index >= 15 is 0 Å². The van der Waals surface area contributed by atoms with Gasteiger partial charge >= 0.3 is 0 Å². The first-order valence-corrected chi connectivity index (χ1v) is 8.06. The van der Waals surface area contributed by atoms with Gasteiger partial charge < -0.3 is 15.8 Å². The van der Waals surface area contributed by atoms with E-state index in [-0.39, 0.29) is 18.3 Å². The van der Waals surface area contributed by atoms with Crippen molar-refractivity contribution in [3.8, 4) is 5.75 Å². The van der Waals surface area contributed by atoms with Gasteiger partial charge in [0.25, 0.3) is 5.91 Å². The monoisotopic (exact) mass is 389 g/mol. The van der Waals surface area contributed by atoms with Gasteiger partial charge in [-0.2, -0.15) is 0 Å². The number of carbonyl (C=O) groups excluding carboxylic acids is 1. The summed E-state index contributed by atoms with van der Waals surface area (Å²) in [4.78, 5) is 16.4. The zero-order chi connectivity index (χ0) is 17.1. The van der Waals surface area contributed by atoms with Crippen molar-refractivity contribution in [2.24, 2.45) is 5.73 Å². The quantitative estimate of drug-likeness (QED) is 0.694. The van der Waals surface area contributed by atoms with Crippen LogP contribution in [0.2, 0.25) is 0 Å². The van der Waals surface area contributed by atoms with Gasteiger partial charge in [0.1, 0.15) is 5.75 Å². The van der Waals surface area contributed by atoms with Crippen LogP contribution in [0.15, 0.2) is 47.1 Å². The van der Waals surface area contributed by atoms with Gasteiger partial charge in [-0.25, -0.2) is 9.50 Å². The fourth-order valence-electron chi connectivity index (χ4n) is 2.32. The molecule has 124 valence electrons. The van der Waals surface area contributed by atoms with Crippen LogP contribution in [0.4, 0.5) is 0 Å². The van der Waals surface area contributed by atoms with Crippen LogP contribution >= 0.6 is 15.9 Å². The average molecular weight is 390 g/mol. The Hall–Kier alpha value is -2.45. The highest BCUT2D eigenvalue weighted by Gasteiger charge is 2.16. The smallest absolute Gasteiger partial charge is 0.291 e. The minimum Gasteiger partial charge on any atom is -0.496 e. The van der Waals surface area contributed by atoms with Crippen molar-refractivity contribution < 1.29 is 9.53 Å². The zero-order valence-electron chi connectivity index (χ0n) is 12.9. The number of halogens is 1. The van der Waals surface area contributed by atoms with Gasteiger partial charge in [0.15, 0.2) is 5.65 Å². The highest BCUT2D eigenvalue weighted by molar-refractivity contribution is 9.10. The maximum Gasteiger partial charge on any atom is 0.291 e. The molecule has 0 saturated heterocycles. The molecule has 7 nitrogen and oxygen atoms in total. The lowest BCUT2D eigenvalue weighted by Crippen LogP contribution is -2.32. The van der Waals surface area contributed by atoms with E-state index in [0.717, 1.165) is 10.0 Å². The molecule has 0 fully saturated rings. The number of nitrogens with zero attached hydrogens (tertiary/aromatic N) is 3. The van der Waals surface area contributed by atoms with Crippen LogP contribution in [0.5, 0.6) is 5.75 Å². The minimum absolute atomic E-state index is 0.0975. The van der Waals surface area contributed by atoms with Crippen molar-refractivity contribution in [3.05, 3.63) is 58.5 Å². The number of ether oxygens (including phenoxy) is 1. The van der Waals surface area contributed by atoms with Gasteiger partial charge in [-0.1, -0.05) is 18.2 Å². The number of hydrogen-bond acceptors (Lipinski definition) is 5. The molecule has 1 aromatic carbocycles. The number of carbonyl (C=O) groups is 1. The zero-order valence-corrected chi connectivity index (χ0v) is 14.5. The van der Waals surface area contributed by atoms with Gasteiger partial charge in [-0.05, 0) is 34.1 Å². The van der Waals surface area contributed by atoms with E-state index in [1.165, 1.54) is 0 Å². The van der Waals surface area contributed by atoms with Crippen LogP contribution in [0.25, 0.3) is 5.65 Å². The van der Waals surface area contributed by atoms with E-state index in [0.29, 0.717) is 11.4 Å². The largest absolute Gasteiger partial charge is 0.496 e. The second-order valence-electron chi connectivity index (χ2n) is 5.14. The van der Waals surface area contributed by atoms with Crippen molar-refractivity contribution in [3.63, 3.8) is 0 Å². The van der Waals surface area contributed by atoms with E-state index < -0.39 is 6.04 Å². The summed E-state index contributed by atoms with van der Waals surface area (Å²) in [6.07, 6.45) is 1.74. The molecule has 0 saturated carbocycles. The van der Waals surface area contributed by atoms with Crippen molar-refractivity contribution in [1.82, 2.24) is 19.9 Å². The van der Waals surface area contributed by atoms with Gasteiger partial charge in [0.05, 0.1) is 13.2 Å². The first-order valence-electron chi connectivity index (χ1n) is 7.27. The Labute approximate surface area is 147 Å². The molecule has 0 aliphatic carbocycles. The average Bonchev–Trinajstić information content (AvgIpc) is 3.02. The summed E-state index contributed by atoms with van der Waals surface area (Å²) in [5, 5.41) is 6.91. The Balaban J connectivity index is 1.70. The molecule has 0 radical (unpaired) electrons. The highest BCUT2D eigenvalue weighted by atomic mass is 79.9. The second kappa shape index (κ2) is 6.98. The fraction of sp³-hybridized carbons (Fsp3) is 0.188. The first-order chi connectivity index (χ1) is 11.6. The summed E-state index contributed by atoms with van der Waals surface area (Å²) >= 11 is 3.35. The van der Waals surface area contributed by atoms with Gasteiger partial charge in [0, 0.05) is 22.8 Å². The number of rotatable bonds is 5. The van der Waals surface area contributed by atoms with Crippen LogP contribution in [-0.4, -0.2) is 34.2 Å². The molecule has 0 bridgehead atoms. The molecule has 2 aromatic heterocycles. The molecule has 8 heteroatoms. The molecule has 1 unspecified atom stereocenters. The topological polar surface area (TPSA) is 94.5 Å². The van der Waals surface area contributed by atoms with Crippen molar-refractivity contribution >= 4 is 27.5 Å². The molecule has 2 heterocycles. The number of aromatic nitrogens is 3. The normalized spacial score (nSPS) is 12.1. The number of hydrogen-bond donors (Lipinski definition) is 2. The van der Waals surface area contributed by atoms with E-state index in [2.05, 4.69) is 31.3 Å². The molecular weight excluding hydrogens is 374 g/mol. The van der Waals surface area contributed by atoms with Crippen LogP contribution in [-0.2, 0) is 0 Å². The number of para-hydroxylation sites is 1. The Kier molecular flexibility index (Phi) is 4.77. The van der Waals surface area contributed by atoms with Crippen LogP contribution in [0.3, 0.4) is 0 Å². The summed E-state index contributed by atoms with van der Waals surface area (Å²) in [5.41, 5.74) is 7.57. The highest BCUT2D eigenvalue weighted by Crippen LogP contribution is 2.22. The SMILES string of the molecule is COc1ccccc1C(N)CNC(=O)c1nc2ccc(Br)cn2n1.